The highest BCUT2D eigenvalue weighted by Gasteiger charge is 2.22. The number of halogens is 1. The van der Waals surface area contributed by atoms with Crippen LogP contribution in [-0.4, -0.2) is 47.9 Å². The lowest BCUT2D eigenvalue weighted by Gasteiger charge is -2.23. The quantitative estimate of drug-likeness (QED) is 0.895. The normalized spacial score (nSPS) is 15.3. The summed E-state index contributed by atoms with van der Waals surface area (Å²) in [6, 6.07) is 6.95. The fourth-order valence-electron chi connectivity index (χ4n) is 2.71. The summed E-state index contributed by atoms with van der Waals surface area (Å²) in [5.41, 5.74) is 0.682. The highest BCUT2D eigenvalue weighted by Crippen LogP contribution is 2.16. The molecule has 1 fully saturated rings. The number of amides is 3. The molecule has 0 bridgehead atoms. The molecule has 5 nitrogen and oxygen atoms in total. The van der Waals surface area contributed by atoms with Crippen molar-refractivity contribution in [3.63, 3.8) is 0 Å². The van der Waals surface area contributed by atoms with E-state index in [2.05, 4.69) is 19.2 Å². The van der Waals surface area contributed by atoms with E-state index in [4.69, 9.17) is 11.6 Å². The second-order valence-electron chi connectivity index (χ2n) is 6.59. The van der Waals surface area contributed by atoms with E-state index in [-0.39, 0.29) is 11.9 Å². The van der Waals surface area contributed by atoms with Gasteiger partial charge < -0.3 is 15.1 Å². The van der Waals surface area contributed by atoms with Gasteiger partial charge in [0.15, 0.2) is 0 Å². The van der Waals surface area contributed by atoms with Crippen molar-refractivity contribution in [1.82, 2.24) is 9.80 Å². The standard InChI is InChI=1S/C18H26ClN3O2/c1-14(2)7-8-17(23)21-9-4-10-22(12-11-21)18(24)20-16-6-3-5-15(19)13-16/h3,5-6,13-14H,4,7-12H2,1-2H3,(H,20,24). The molecule has 1 aromatic carbocycles. The molecule has 6 heteroatoms. The fraction of sp³-hybridized carbons (Fsp3) is 0.556. The average molecular weight is 352 g/mol. The van der Waals surface area contributed by atoms with Crippen LogP contribution in [0.2, 0.25) is 5.02 Å². The molecule has 0 aliphatic carbocycles. The van der Waals surface area contributed by atoms with Crippen LogP contribution in [0.3, 0.4) is 0 Å². The molecule has 2 rings (SSSR count). The van der Waals surface area contributed by atoms with Gasteiger partial charge in [-0.05, 0) is 37.0 Å². The van der Waals surface area contributed by atoms with E-state index in [1.165, 1.54) is 0 Å². The van der Waals surface area contributed by atoms with Crippen LogP contribution < -0.4 is 5.32 Å². The number of nitrogens with zero attached hydrogens (tertiary/aromatic N) is 2. The van der Waals surface area contributed by atoms with Gasteiger partial charge in [-0.1, -0.05) is 31.5 Å². The third-order valence-corrected chi connectivity index (χ3v) is 4.38. The van der Waals surface area contributed by atoms with Gasteiger partial charge in [0.25, 0.3) is 0 Å². The molecule has 1 heterocycles. The number of hydrogen-bond donors (Lipinski definition) is 1. The predicted octanol–water partition coefficient (Wildman–Crippen LogP) is 3.84. The molecule has 0 spiro atoms. The molecule has 0 aromatic heterocycles. The minimum atomic E-state index is -0.145. The lowest BCUT2D eigenvalue weighted by Crippen LogP contribution is -2.39. The summed E-state index contributed by atoms with van der Waals surface area (Å²) in [6.45, 7) is 6.77. The van der Waals surface area contributed by atoms with Crippen molar-refractivity contribution in [3.8, 4) is 0 Å². The zero-order valence-corrected chi connectivity index (χ0v) is 15.2. The van der Waals surface area contributed by atoms with E-state index in [1.54, 1.807) is 23.1 Å². The van der Waals surface area contributed by atoms with Crippen LogP contribution in [0.4, 0.5) is 10.5 Å². The minimum Gasteiger partial charge on any atom is -0.341 e. The second-order valence-corrected chi connectivity index (χ2v) is 7.03. The smallest absolute Gasteiger partial charge is 0.321 e. The van der Waals surface area contributed by atoms with E-state index >= 15 is 0 Å². The summed E-state index contributed by atoms with van der Waals surface area (Å²) < 4.78 is 0. The molecule has 1 aliphatic rings. The first-order valence-electron chi connectivity index (χ1n) is 8.55. The Bertz CT molecular complexity index is 577. The van der Waals surface area contributed by atoms with Gasteiger partial charge in [-0.2, -0.15) is 0 Å². The van der Waals surface area contributed by atoms with E-state index in [9.17, 15) is 9.59 Å². The maximum Gasteiger partial charge on any atom is 0.321 e. The van der Waals surface area contributed by atoms with Gasteiger partial charge in [0.05, 0.1) is 0 Å². The SMILES string of the molecule is CC(C)CCC(=O)N1CCCN(C(=O)Nc2cccc(Cl)c2)CC1. The first kappa shape index (κ1) is 18.6. The average Bonchev–Trinajstić information content (AvgIpc) is 2.78. The molecule has 3 amide bonds. The van der Waals surface area contributed by atoms with Gasteiger partial charge in [0.1, 0.15) is 0 Å². The Morgan fingerprint density at radius 3 is 2.58 bits per heavy atom. The van der Waals surface area contributed by atoms with Gasteiger partial charge in [0.2, 0.25) is 5.91 Å². The first-order valence-corrected chi connectivity index (χ1v) is 8.93. The van der Waals surface area contributed by atoms with Crippen molar-refractivity contribution in [3.05, 3.63) is 29.3 Å². The first-order chi connectivity index (χ1) is 11.5. The molecule has 0 atom stereocenters. The number of benzene rings is 1. The largest absolute Gasteiger partial charge is 0.341 e. The van der Waals surface area contributed by atoms with Crippen LogP contribution in [0.1, 0.15) is 33.1 Å². The molecule has 0 unspecified atom stereocenters. The number of urea groups is 1. The number of anilines is 1. The third kappa shape index (κ3) is 5.71. The number of rotatable bonds is 4. The van der Waals surface area contributed by atoms with Gasteiger partial charge in [-0.15, -0.1) is 0 Å². The van der Waals surface area contributed by atoms with Crippen LogP contribution in [0, 0.1) is 5.92 Å². The topological polar surface area (TPSA) is 52.7 Å². The number of carbonyl (C=O) groups is 2. The summed E-state index contributed by atoms with van der Waals surface area (Å²) in [5.74, 6) is 0.724. The fourth-order valence-corrected chi connectivity index (χ4v) is 2.90. The van der Waals surface area contributed by atoms with E-state index < -0.39 is 0 Å². The molecule has 1 aliphatic heterocycles. The monoisotopic (exact) mass is 351 g/mol. The summed E-state index contributed by atoms with van der Waals surface area (Å²) in [7, 11) is 0. The molecule has 1 aromatic rings. The van der Waals surface area contributed by atoms with E-state index in [0.717, 1.165) is 19.4 Å². The van der Waals surface area contributed by atoms with E-state index in [0.29, 0.717) is 42.7 Å². The molecule has 1 N–H and O–H groups in total. The molecule has 0 radical (unpaired) electrons. The van der Waals surface area contributed by atoms with Crippen LogP contribution >= 0.6 is 11.6 Å². The van der Waals surface area contributed by atoms with Crippen LogP contribution in [-0.2, 0) is 4.79 Å². The maximum absolute atomic E-state index is 12.4. The number of hydrogen-bond acceptors (Lipinski definition) is 2. The zero-order valence-electron chi connectivity index (χ0n) is 14.4. The van der Waals surface area contributed by atoms with Gasteiger partial charge in [0, 0.05) is 43.3 Å². The summed E-state index contributed by atoms with van der Waals surface area (Å²) in [4.78, 5) is 28.3. The van der Waals surface area contributed by atoms with Crippen molar-refractivity contribution in [2.45, 2.75) is 33.1 Å². The molecule has 1 saturated heterocycles. The van der Waals surface area contributed by atoms with Crippen molar-refractivity contribution in [1.29, 1.82) is 0 Å². The third-order valence-electron chi connectivity index (χ3n) is 4.15. The molecular formula is C18H26ClN3O2. The highest BCUT2D eigenvalue weighted by molar-refractivity contribution is 6.30. The number of nitrogens with one attached hydrogen (secondary N) is 1. The molecule has 0 saturated carbocycles. The Morgan fingerprint density at radius 2 is 1.88 bits per heavy atom. The van der Waals surface area contributed by atoms with Gasteiger partial charge in [-0.3, -0.25) is 4.79 Å². The molecule has 24 heavy (non-hydrogen) atoms. The van der Waals surface area contributed by atoms with Crippen molar-refractivity contribution in [2.24, 2.45) is 5.92 Å². The van der Waals surface area contributed by atoms with E-state index in [1.807, 2.05) is 11.0 Å². The number of carbonyl (C=O) groups excluding carboxylic acids is 2. The Balaban J connectivity index is 1.85. The van der Waals surface area contributed by atoms with Crippen molar-refractivity contribution in [2.75, 3.05) is 31.5 Å². The van der Waals surface area contributed by atoms with Crippen LogP contribution in [0.15, 0.2) is 24.3 Å². The van der Waals surface area contributed by atoms with Crippen LogP contribution in [0.25, 0.3) is 0 Å². The molecule has 132 valence electrons. The lowest BCUT2D eigenvalue weighted by molar-refractivity contribution is -0.131. The molecular weight excluding hydrogens is 326 g/mol. The highest BCUT2D eigenvalue weighted by atomic mass is 35.5. The lowest BCUT2D eigenvalue weighted by atomic mass is 10.1. The Hall–Kier alpha value is -1.75. The zero-order chi connectivity index (χ0) is 17.5. The van der Waals surface area contributed by atoms with Crippen molar-refractivity contribution < 1.29 is 9.59 Å². The minimum absolute atomic E-state index is 0.145. The Labute approximate surface area is 149 Å². The summed E-state index contributed by atoms with van der Waals surface area (Å²) in [6.07, 6.45) is 2.30. The van der Waals surface area contributed by atoms with Crippen molar-refractivity contribution >= 4 is 29.2 Å². The van der Waals surface area contributed by atoms with Crippen LogP contribution in [0.5, 0.6) is 0 Å². The Kier molecular flexibility index (Phi) is 6.91. The van der Waals surface area contributed by atoms with Gasteiger partial charge >= 0.3 is 6.03 Å². The maximum atomic E-state index is 12.4. The predicted molar refractivity (Wildman–Crippen MR) is 97.3 cm³/mol. The summed E-state index contributed by atoms with van der Waals surface area (Å²) in [5, 5.41) is 3.45. The Morgan fingerprint density at radius 1 is 1.17 bits per heavy atom. The second kappa shape index (κ2) is 8.92. The summed E-state index contributed by atoms with van der Waals surface area (Å²) >= 11 is 5.94. The van der Waals surface area contributed by atoms with Gasteiger partial charge in [-0.25, -0.2) is 4.79 Å².